The Kier molecular flexibility index (Phi) is 4.90. The molecule has 12 heteroatoms. The SMILES string of the molecule is Cc1cc(-c2cccnc2C(F)(F)F)nc2c(C(=O)NC(C3CC3)C(F)(F)F)cnn12. The normalized spacial score (nSPS) is 15.8. The molecule has 1 aliphatic carbocycles. The lowest BCUT2D eigenvalue weighted by atomic mass is 10.1. The molecule has 1 atom stereocenters. The fraction of sp³-hybridized carbons (Fsp3) is 0.368. The zero-order chi connectivity index (χ0) is 22.6. The van der Waals surface area contributed by atoms with Gasteiger partial charge >= 0.3 is 12.4 Å². The Labute approximate surface area is 171 Å². The lowest BCUT2D eigenvalue weighted by Crippen LogP contribution is -2.46. The van der Waals surface area contributed by atoms with E-state index in [9.17, 15) is 31.1 Å². The van der Waals surface area contributed by atoms with E-state index in [1.165, 1.54) is 29.6 Å². The maximum atomic E-state index is 13.4. The lowest BCUT2D eigenvalue weighted by Gasteiger charge is -2.21. The smallest absolute Gasteiger partial charge is 0.340 e. The van der Waals surface area contributed by atoms with E-state index in [-0.39, 0.29) is 22.5 Å². The maximum Gasteiger partial charge on any atom is 0.434 e. The molecule has 3 aromatic heterocycles. The third kappa shape index (κ3) is 4.06. The number of rotatable bonds is 4. The van der Waals surface area contributed by atoms with Gasteiger partial charge in [0.25, 0.3) is 5.91 Å². The van der Waals surface area contributed by atoms with E-state index in [1.54, 1.807) is 0 Å². The topological polar surface area (TPSA) is 72.2 Å². The summed E-state index contributed by atoms with van der Waals surface area (Å²) in [6, 6.07) is 1.81. The highest BCUT2D eigenvalue weighted by Gasteiger charge is 2.50. The van der Waals surface area contributed by atoms with Gasteiger partial charge in [-0.1, -0.05) is 0 Å². The van der Waals surface area contributed by atoms with Gasteiger partial charge in [-0.05, 0) is 43.9 Å². The van der Waals surface area contributed by atoms with Crippen LogP contribution in [0.2, 0.25) is 0 Å². The number of pyridine rings is 1. The molecule has 1 amide bonds. The van der Waals surface area contributed by atoms with Crippen LogP contribution in [0.15, 0.2) is 30.6 Å². The second-order valence-electron chi connectivity index (χ2n) is 7.30. The molecule has 6 nitrogen and oxygen atoms in total. The number of hydrogen-bond acceptors (Lipinski definition) is 4. The molecular formula is C19H15F6N5O. The van der Waals surface area contributed by atoms with Crippen LogP contribution >= 0.6 is 0 Å². The number of nitrogens with one attached hydrogen (secondary N) is 1. The third-order valence-corrected chi connectivity index (χ3v) is 4.98. The van der Waals surface area contributed by atoms with E-state index in [1.807, 2.05) is 5.32 Å². The highest BCUT2D eigenvalue weighted by molar-refractivity contribution is 6.00. The van der Waals surface area contributed by atoms with Gasteiger partial charge in [0.1, 0.15) is 11.6 Å². The Bertz CT molecular complexity index is 1150. The summed E-state index contributed by atoms with van der Waals surface area (Å²) in [4.78, 5) is 20.1. The Morgan fingerprint density at radius 3 is 2.55 bits per heavy atom. The van der Waals surface area contributed by atoms with Gasteiger partial charge in [-0.15, -0.1) is 0 Å². The van der Waals surface area contributed by atoms with E-state index >= 15 is 0 Å². The predicted octanol–water partition coefficient (Wildman–Crippen LogP) is 4.19. The van der Waals surface area contributed by atoms with Crippen molar-refractivity contribution in [1.82, 2.24) is 24.9 Å². The fourth-order valence-corrected chi connectivity index (χ4v) is 3.36. The van der Waals surface area contributed by atoms with Crippen LogP contribution in [0.1, 0.15) is 34.6 Å². The molecule has 1 saturated carbocycles. The van der Waals surface area contributed by atoms with Crippen molar-refractivity contribution in [3.63, 3.8) is 0 Å². The summed E-state index contributed by atoms with van der Waals surface area (Å²) in [5.41, 5.74) is -1.69. The first-order valence-electron chi connectivity index (χ1n) is 9.22. The van der Waals surface area contributed by atoms with Gasteiger partial charge in [0.2, 0.25) is 0 Å². The van der Waals surface area contributed by atoms with Crippen molar-refractivity contribution in [1.29, 1.82) is 0 Å². The van der Waals surface area contributed by atoms with Gasteiger partial charge in [-0.2, -0.15) is 31.4 Å². The molecule has 1 fully saturated rings. The molecule has 0 bridgehead atoms. The molecule has 1 N–H and O–H groups in total. The van der Waals surface area contributed by atoms with Crippen molar-refractivity contribution in [3.8, 4) is 11.3 Å². The first-order valence-corrected chi connectivity index (χ1v) is 9.22. The van der Waals surface area contributed by atoms with E-state index in [4.69, 9.17) is 0 Å². The number of halogens is 6. The van der Waals surface area contributed by atoms with Crippen molar-refractivity contribution in [2.75, 3.05) is 0 Å². The summed E-state index contributed by atoms with van der Waals surface area (Å²) >= 11 is 0. The standard InChI is InChI=1S/C19H15F6N5O/c1-9-7-13(11-3-2-6-26-15(11)19(23,24)25)28-16-12(8-27-30(9)16)17(31)29-14(10-4-5-10)18(20,21)22/h2-3,6-8,10,14H,4-5H2,1H3,(H,29,31). The summed E-state index contributed by atoms with van der Waals surface area (Å²) in [6.45, 7) is 1.53. The number of hydrogen-bond donors (Lipinski definition) is 1. The van der Waals surface area contributed by atoms with Crippen LogP contribution in [0.5, 0.6) is 0 Å². The number of alkyl halides is 6. The minimum Gasteiger partial charge on any atom is -0.340 e. The average Bonchev–Trinajstić information content (AvgIpc) is 3.42. The fourth-order valence-electron chi connectivity index (χ4n) is 3.36. The Morgan fingerprint density at radius 2 is 1.94 bits per heavy atom. The van der Waals surface area contributed by atoms with E-state index in [0.29, 0.717) is 18.5 Å². The van der Waals surface area contributed by atoms with Crippen LogP contribution in [0.25, 0.3) is 16.9 Å². The molecule has 164 valence electrons. The molecule has 4 rings (SSSR count). The highest BCUT2D eigenvalue weighted by atomic mass is 19.4. The predicted molar refractivity (Wildman–Crippen MR) is 96.0 cm³/mol. The first-order chi connectivity index (χ1) is 14.5. The zero-order valence-electron chi connectivity index (χ0n) is 15.9. The van der Waals surface area contributed by atoms with Crippen LogP contribution in [-0.4, -0.2) is 37.7 Å². The van der Waals surface area contributed by atoms with E-state index in [0.717, 1.165) is 12.4 Å². The van der Waals surface area contributed by atoms with Crippen LogP contribution in [0.4, 0.5) is 26.3 Å². The maximum absolute atomic E-state index is 13.4. The molecule has 3 aromatic rings. The summed E-state index contributed by atoms with van der Waals surface area (Å²) in [6.07, 6.45) is -6.63. The molecule has 1 aliphatic rings. The largest absolute Gasteiger partial charge is 0.434 e. The number of carbonyl (C=O) groups excluding carboxylic acids is 1. The second kappa shape index (κ2) is 7.20. The highest BCUT2D eigenvalue weighted by Crippen LogP contribution is 2.40. The van der Waals surface area contributed by atoms with Gasteiger partial charge in [-0.25, -0.2) is 9.50 Å². The molecule has 3 heterocycles. The van der Waals surface area contributed by atoms with Crippen molar-refractivity contribution >= 4 is 11.6 Å². The van der Waals surface area contributed by atoms with Crippen LogP contribution in [0.3, 0.4) is 0 Å². The van der Waals surface area contributed by atoms with Crippen molar-refractivity contribution in [3.05, 3.63) is 47.5 Å². The number of aromatic nitrogens is 4. The Hall–Kier alpha value is -3.18. The average molecular weight is 443 g/mol. The van der Waals surface area contributed by atoms with Gasteiger partial charge < -0.3 is 5.32 Å². The number of carbonyl (C=O) groups is 1. The number of aryl methyl sites for hydroxylation is 1. The quantitative estimate of drug-likeness (QED) is 0.614. The van der Waals surface area contributed by atoms with Crippen LogP contribution in [-0.2, 0) is 6.18 Å². The van der Waals surface area contributed by atoms with Crippen molar-refractivity contribution in [2.24, 2.45) is 5.92 Å². The number of nitrogens with zero attached hydrogens (tertiary/aromatic N) is 4. The summed E-state index contributed by atoms with van der Waals surface area (Å²) in [5.74, 6) is -1.74. The van der Waals surface area contributed by atoms with Crippen LogP contribution in [0, 0.1) is 12.8 Å². The second-order valence-corrected chi connectivity index (χ2v) is 7.30. The Balaban J connectivity index is 1.77. The third-order valence-electron chi connectivity index (χ3n) is 4.98. The first kappa shape index (κ1) is 21.1. The van der Waals surface area contributed by atoms with Gasteiger partial charge in [0, 0.05) is 17.5 Å². The van der Waals surface area contributed by atoms with E-state index < -0.39 is 35.9 Å². The molecule has 0 radical (unpaired) electrons. The summed E-state index contributed by atoms with van der Waals surface area (Å²) < 4.78 is 81.0. The minimum atomic E-state index is -4.75. The zero-order valence-corrected chi connectivity index (χ0v) is 15.9. The molecule has 0 aromatic carbocycles. The number of fused-ring (bicyclic) bond motifs is 1. The molecule has 1 unspecified atom stereocenters. The lowest BCUT2D eigenvalue weighted by molar-refractivity contribution is -0.158. The van der Waals surface area contributed by atoms with Gasteiger partial charge in [-0.3, -0.25) is 9.78 Å². The molecular weight excluding hydrogens is 428 g/mol. The summed E-state index contributed by atoms with van der Waals surface area (Å²) in [7, 11) is 0. The minimum absolute atomic E-state index is 0.130. The van der Waals surface area contributed by atoms with Crippen LogP contribution < -0.4 is 5.32 Å². The monoisotopic (exact) mass is 443 g/mol. The molecule has 31 heavy (non-hydrogen) atoms. The number of amides is 1. The van der Waals surface area contributed by atoms with E-state index in [2.05, 4.69) is 15.1 Å². The van der Waals surface area contributed by atoms with Gasteiger partial charge in [0.15, 0.2) is 11.3 Å². The summed E-state index contributed by atoms with van der Waals surface area (Å²) in [5, 5.41) is 5.93. The Morgan fingerprint density at radius 1 is 1.23 bits per heavy atom. The molecule has 0 spiro atoms. The van der Waals surface area contributed by atoms with Gasteiger partial charge in [0.05, 0.1) is 11.9 Å². The molecule has 0 saturated heterocycles. The van der Waals surface area contributed by atoms with Crippen molar-refractivity contribution in [2.45, 2.75) is 38.2 Å². The molecule has 0 aliphatic heterocycles. The van der Waals surface area contributed by atoms with Crippen molar-refractivity contribution < 1.29 is 31.1 Å².